The Morgan fingerprint density at radius 2 is 2.26 bits per heavy atom. The Balaban J connectivity index is 1.94. The molecule has 1 aromatic heterocycles. The zero-order chi connectivity index (χ0) is 13.5. The molecular weight excluding hydrogens is 254 g/mol. The van der Waals surface area contributed by atoms with Gasteiger partial charge in [0.15, 0.2) is 0 Å². The van der Waals surface area contributed by atoms with Crippen LogP contribution in [-0.4, -0.2) is 22.8 Å². The van der Waals surface area contributed by atoms with Gasteiger partial charge in [0, 0.05) is 23.5 Å². The average Bonchev–Trinajstić information content (AvgIpc) is 2.89. The van der Waals surface area contributed by atoms with Crippen LogP contribution in [-0.2, 0) is 6.42 Å². The van der Waals surface area contributed by atoms with Gasteiger partial charge >= 0.3 is 0 Å². The third-order valence-electron chi connectivity index (χ3n) is 4.26. The van der Waals surface area contributed by atoms with Crippen LogP contribution in [0.25, 0.3) is 0 Å². The first kappa shape index (κ1) is 13.4. The summed E-state index contributed by atoms with van der Waals surface area (Å²) in [5.41, 5.74) is 2.91. The van der Waals surface area contributed by atoms with Crippen molar-refractivity contribution in [1.82, 2.24) is 15.3 Å². The first-order valence-electron chi connectivity index (χ1n) is 7.24. The molecule has 19 heavy (non-hydrogen) atoms. The van der Waals surface area contributed by atoms with Crippen molar-refractivity contribution in [3.63, 3.8) is 0 Å². The summed E-state index contributed by atoms with van der Waals surface area (Å²) < 4.78 is 0. The van der Waals surface area contributed by atoms with E-state index in [0.717, 1.165) is 18.7 Å². The van der Waals surface area contributed by atoms with E-state index in [2.05, 4.69) is 30.3 Å². The Labute approximate surface area is 120 Å². The predicted octanol–water partition coefficient (Wildman–Crippen LogP) is 3.28. The molecule has 1 N–H and O–H groups in total. The van der Waals surface area contributed by atoms with E-state index >= 15 is 0 Å². The molecule has 1 aromatic rings. The third-order valence-corrected chi connectivity index (χ3v) is 5.64. The number of aromatic nitrogens is 2. The maximum atomic E-state index is 4.92. The van der Waals surface area contributed by atoms with E-state index in [1.165, 1.54) is 29.9 Å². The lowest BCUT2D eigenvalue weighted by Gasteiger charge is -2.36. The fourth-order valence-electron chi connectivity index (χ4n) is 3.26. The van der Waals surface area contributed by atoms with Gasteiger partial charge in [-0.15, -0.1) is 0 Å². The van der Waals surface area contributed by atoms with Gasteiger partial charge in [-0.3, -0.25) is 0 Å². The van der Waals surface area contributed by atoms with Gasteiger partial charge in [0.2, 0.25) is 0 Å². The molecule has 0 radical (unpaired) electrons. The molecule has 1 saturated heterocycles. The van der Waals surface area contributed by atoms with Gasteiger partial charge < -0.3 is 5.32 Å². The maximum absolute atomic E-state index is 4.92. The number of hydrogen-bond donors (Lipinski definition) is 1. The van der Waals surface area contributed by atoms with Crippen LogP contribution in [0.15, 0.2) is 6.20 Å². The molecule has 2 aliphatic rings. The van der Waals surface area contributed by atoms with E-state index in [-0.39, 0.29) is 0 Å². The molecule has 1 aliphatic heterocycles. The number of nitrogens with zero attached hydrogens (tertiary/aromatic N) is 2. The molecule has 3 nitrogen and oxygen atoms in total. The Kier molecular flexibility index (Phi) is 3.56. The summed E-state index contributed by atoms with van der Waals surface area (Å²) in [4.78, 5) is 9.57. The van der Waals surface area contributed by atoms with Crippen LogP contribution in [0, 0.1) is 5.41 Å². The number of hydrogen-bond acceptors (Lipinski definition) is 4. The van der Waals surface area contributed by atoms with Crippen LogP contribution in [0.5, 0.6) is 0 Å². The molecule has 2 heterocycles. The Morgan fingerprint density at radius 1 is 1.42 bits per heavy atom. The van der Waals surface area contributed by atoms with Crippen molar-refractivity contribution in [3.05, 3.63) is 23.3 Å². The Morgan fingerprint density at radius 3 is 2.95 bits per heavy atom. The van der Waals surface area contributed by atoms with Gasteiger partial charge in [-0.05, 0) is 43.9 Å². The van der Waals surface area contributed by atoms with Crippen molar-refractivity contribution >= 4 is 11.8 Å². The molecule has 2 atom stereocenters. The molecule has 2 unspecified atom stereocenters. The van der Waals surface area contributed by atoms with Crippen LogP contribution in [0.4, 0.5) is 0 Å². The molecule has 0 bridgehead atoms. The van der Waals surface area contributed by atoms with E-state index in [1.807, 2.05) is 18.8 Å². The van der Waals surface area contributed by atoms with E-state index < -0.39 is 0 Å². The summed E-state index contributed by atoms with van der Waals surface area (Å²) in [5.74, 6) is 2.32. The highest BCUT2D eigenvalue weighted by Crippen LogP contribution is 2.42. The highest BCUT2D eigenvalue weighted by atomic mass is 32.2. The standard InChI is InChI=1S/C15H23N3S/c1-15(2)7-11(16-3)10-9-17-14(18-12(10)8-15)13-5-4-6-19-13/h9,11,13,16H,4-8H2,1-3H3. The highest BCUT2D eigenvalue weighted by molar-refractivity contribution is 7.99. The zero-order valence-electron chi connectivity index (χ0n) is 12.1. The van der Waals surface area contributed by atoms with Crippen LogP contribution in [0.3, 0.4) is 0 Å². The van der Waals surface area contributed by atoms with Gasteiger partial charge in [0.25, 0.3) is 0 Å². The Hall–Kier alpha value is -0.610. The van der Waals surface area contributed by atoms with E-state index in [0.29, 0.717) is 16.7 Å². The molecule has 1 aliphatic carbocycles. The molecule has 0 amide bonds. The lowest BCUT2D eigenvalue weighted by molar-refractivity contribution is 0.259. The van der Waals surface area contributed by atoms with Gasteiger partial charge in [-0.25, -0.2) is 9.97 Å². The minimum Gasteiger partial charge on any atom is -0.313 e. The molecule has 0 spiro atoms. The highest BCUT2D eigenvalue weighted by Gasteiger charge is 2.33. The lowest BCUT2D eigenvalue weighted by atomic mass is 9.74. The largest absolute Gasteiger partial charge is 0.313 e. The summed E-state index contributed by atoms with van der Waals surface area (Å²) in [6.45, 7) is 4.68. The van der Waals surface area contributed by atoms with E-state index in [4.69, 9.17) is 4.98 Å². The molecule has 4 heteroatoms. The molecule has 3 rings (SSSR count). The Bertz CT molecular complexity index is 466. The van der Waals surface area contributed by atoms with E-state index in [9.17, 15) is 0 Å². The summed E-state index contributed by atoms with van der Waals surface area (Å²) in [7, 11) is 2.04. The molecule has 1 fully saturated rings. The SMILES string of the molecule is CNC1CC(C)(C)Cc2nc(C3CCCS3)ncc21. The summed E-state index contributed by atoms with van der Waals surface area (Å²) in [6, 6.07) is 0.407. The fourth-order valence-corrected chi connectivity index (χ4v) is 4.47. The molecule has 0 aromatic carbocycles. The topological polar surface area (TPSA) is 37.8 Å². The molecule has 0 saturated carbocycles. The summed E-state index contributed by atoms with van der Waals surface area (Å²) >= 11 is 2.01. The van der Waals surface area contributed by atoms with Crippen molar-refractivity contribution in [1.29, 1.82) is 0 Å². The smallest absolute Gasteiger partial charge is 0.141 e. The maximum Gasteiger partial charge on any atom is 0.141 e. The second kappa shape index (κ2) is 5.06. The van der Waals surface area contributed by atoms with Gasteiger partial charge in [-0.1, -0.05) is 13.8 Å². The number of rotatable bonds is 2. The predicted molar refractivity (Wildman–Crippen MR) is 80.4 cm³/mol. The van der Waals surface area contributed by atoms with Crippen molar-refractivity contribution in [2.45, 2.75) is 50.8 Å². The summed E-state index contributed by atoms with van der Waals surface area (Å²) in [6.07, 6.45) is 6.86. The van der Waals surface area contributed by atoms with Crippen molar-refractivity contribution < 1.29 is 0 Å². The number of fused-ring (bicyclic) bond motifs is 1. The first-order valence-corrected chi connectivity index (χ1v) is 8.28. The van der Waals surface area contributed by atoms with Crippen LogP contribution >= 0.6 is 11.8 Å². The van der Waals surface area contributed by atoms with Crippen LogP contribution < -0.4 is 5.32 Å². The molecular formula is C15H23N3S. The fraction of sp³-hybridized carbons (Fsp3) is 0.733. The monoisotopic (exact) mass is 277 g/mol. The van der Waals surface area contributed by atoms with Crippen molar-refractivity contribution in [2.24, 2.45) is 5.41 Å². The number of thioether (sulfide) groups is 1. The zero-order valence-corrected chi connectivity index (χ0v) is 12.9. The van der Waals surface area contributed by atoms with Crippen LogP contribution in [0.2, 0.25) is 0 Å². The number of nitrogens with one attached hydrogen (secondary N) is 1. The second-order valence-corrected chi connectivity index (χ2v) is 7.83. The normalized spacial score (nSPS) is 29.2. The van der Waals surface area contributed by atoms with Crippen molar-refractivity contribution in [2.75, 3.05) is 12.8 Å². The lowest BCUT2D eigenvalue weighted by Crippen LogP contribution is -2.33. The van der Waals surface area contributed by atoms with Gasteiger partial charge in [0.1, 0.15) is 5.82 Å². The average molecular weight is 277 g/mol. The molecule has 104 valence electrons. The van der Waals surface area contributed by atoms with Crippen LogP contribution in [0.1, 0.15) is 61.5 Å². The van der Waals surface area contributed by atoms with Gasteiger partial charge in [0.05, 0.1) is 5.25 Å². The summed E-state index contributed by atoms with van der Waals surface area (Å²) in [5, 5.41) is 3.95. The second-order valence-electron chi connectivity index (χ2n) is 6.52. The third kappa shape index (κ3) is 2.65. The quantitative estimate of drug-likeness (QED) is 0.900. The van der Waals surface area contributed by atoms with Gasteiger partial charge in [-0.2, -0.15) is 11.8 Å². The van der Waals surface area contributed by atoms with E-state index in [1.54, 1.807) is 0 Å². The minimum absolute atomic E-state index is 0.328. The minimum atomic E-state index is 0.328. The van der Waals surface area contributed by atoms with Crippen molar-refractivity contribution in [3.8, 4) is 0 Å². The first-order chi connectivity index (χ1) is 9.09.